The molecule has 0 saturated heterocycles. The predicted molar refractivity (Wildman–Crippen MR) is 78.6 cm³/mol. The van der Waals surface area contributed by atoms with Gasteiger partial charge in [0.25, 0.3) is 0 Å². The van der Waals surface area contributed by atoms with Gasteiger partial charge in [-0.3, -0.25) is 0 Å². The van der Waals surface area contributed by atoms with Crippen molar-refractivity contribution >= 4 is 11.9 Å². The smallest absolute Gasteiger partial charge is 0.355 e. The number of hydrogen-bond donors (Lipinski definition) is 1. The molecule has 0 radical (unpaired) electrons. The first-order valence-corrected chi connectivity index (χ1v) is 7.77. The summed E-state index contributed by atoms with van der Waals surface area (Å²) in [5.74, 6) is -0.911. The Morgan fingerprint density at radius 3 is 2.24 bits per heavy atom. The van der Waals surface area contributed by atoms with Gasteiger partial charge < -0.3 is 14.5 Å². The van der Waals surface area contributed by atoms with Gasteiger partial charge in [0.1, 0.15) is 5.69 Å². The maximum atomic E-state index is 12.3. The van der Waals surface area contributed by atoms with E-state index in [-0.39, 0.29) is 12.3 Å². The van der Waals surface area contributed by atoms with Crippen molar-refractivity contribution in [3.8, 4) is 0 Å². The number of carbonyl (C=O) groups is 2. The topological polar surface area (TPSA) is 68.4 Å². The van der Waals surface area contributed by atoms with Gasteiger partial charge in [-0.1, -0.05) is 12.8 Å². The van der Waals surface area contributed by atoms with E-state index in [1.165, 1.54) is 6.42 Å². The first-order valence-electron chi connectivity index (χ1n) is 7.77. The van der Waals surface area contributed by atoms with Crippen LogP contribution in [0.15, 0.2) is 0 Å². The van der Waals surface area contributed by atoms with Gasteiger partial charge in [0.05, 0.1) is 18.8 Å². The summed E-state index contributed by atoms with van der Waals surface area (Å²) < 4.78 is 10.2. The van der Waals surface area contributed by atoms with Crippen LogP contribution in [0.5, 0.6) is 0 Å². The van der Waals surface area contributed by atoms with E-state index in [4.69, 9.17) is 9.47 Å². The van der Waals surface area contributed by atoms with Crippen molar-refractivity contribution in [2.75, 3.05) is 13.2 Å². The molecule has 5 heteroatoms. The summed E-state index contributed by atoms with van der Waals surface area (Å²) in [4.78, 5) is 27.5. The molecule has 21 heavy (non-hydrogen) atoms. The molecule has 0 atom stereocenters. The number of aromatic nitrogens is 1. The van der Waals surface area contributed by atoms with Crippen LogP contribution in [0.25, 0.3) is 0 Å². The van der Waals surface area contributed by atoms with Gasteiger partial charge in [-0.25, -0.2) is 9.59 Å². The van der Waals surface area contributed by atoms with E-state index in [0.717, 1.165) is 43.4 Å². The summed E-state index contributed by atoms with van der Waals surface area (Å²) in [5.41, 5.74) is 2.56. The van der Waals surface area contributed by atoms with E-state index in [1.807, 2.05) is 0 Å². The third-order valence-corrected chi connectivity index (χ3v) is 3.75. The lowest BCUT2D eigenvalue weighted by Crippen LogP contribution is -2.14. The predicted octanol–water partition coefficient (Wildman–Crippen LogP) is 3.03. The summed E-state index contributed by atoms with van der Waals surface area (Å²) >= 11 is 0. The summed E-state index contributed by atoms with van der Waals surface area (Å²) in [6, 6.07) is 0. The lowest BCUT2D eigenvalue weighted by atomic mass is 9.95. The van der Waals surface area contributed by atoms with Gasteiger partial charge in [-0.05, 0) is 45.1 Å². The standard InChI is InChI=1S/C16H23NO4/c1-3-20-15(18)13-11-9-7-5-6-8-10-12(11)17-14(13)16(19)21-4-2/h17H,3-10H2,1-2H3. The molecule has 0 bridgehead atoms. The Bertz CT molecular complexity index is 519. The number of nitrogens with one attached hydrogen (secondary N) is 1. The van der Waals surface area contributed by atoms with Crippen LogP contribution < -0.4 is 0 Å². The van der Waals surface area contributed by atoms with Gasteiger partial charge in [-0.15, -0.1) is 0 Å². The van der Waals surface area contributed by atoms with E-state index >= 15 is 0 Å². The van der Waals surface area contributed by atoms with Gasteiger partial charge in [-0.2, -0.15) is 0 Å². The van der Waals surface area contributed by atoms with E-state index in [0.29, 0.717) is 12.2 Å². The van der Waals surface area contributed by atoms with Crippen molar-refractivity contribution in [1.29, 1.82) is 0 Å². The fourth-order valence-electron chi connectivity index (χ4n) is 2.82. The lowest BCUT2D eigenvalue weighted by molar-refractivity contribution is 0.0475. The Morgan fingerprint density at radius 1 is 0.952 bits per heavy atom. The van der Waals surface area contributed by atoms with Crippen LogP contribution in [-0.2, 0) is 22.3 Å². The lowest BCUT2D eigenvalue weighted by Gasteiger charge is -2.11. The average molecular weight is 293 g/mol. The Labute approximate surface area is 125 Å². The third kappa shape index (κ3) is 3.46. The van der Waals surface area contributed by atoms with Crippen LogP contribution in [0.4, 0.5) is 0 Å². The molecule has 1 aromatic rings. The maximum Gasteiger partial charge on any atom is 0.355 e. The van der Waals surface area contributed by atoms with Crippen molar-refractivity contribution in [2.24, 2.45) is 0 Å². The van der Waals surface area contributed by atoms with Crippen LogP contribution in [0.3, 0.4) is 0 Å². The number of esters is 2. The highest BCUT2D eigenvalue weighted by atomic mass is 16.5. The van der Waals surface area contributed by atoms with Gasteiger partial charge in [0, 0.05) is 5.69 Å². The Hall–Kier alpha value is -1.78. The highest BCUT2D eigenvalue weighted by Crippen LogP contribution is 2.27. The van der Waals surface area contributed by atoms with E-state index in [2.05, 4.69) is 4.98 Å². The van der Waals surface area contributed by atoms with Crippen molar-refractivity contribution in [3.05, 3.63) is 22.5 Å². The molecule has 0 fully saturated rings. The molecule has 1 aliphatic rings. The maximum absolute atomic E-state index is 12.3. The number of rotatable bonds is 4. The molecule has 0 unspecified atom stereocenters. The zero-order valence-corrected chi connectivity index (χ0v) is 12.8. The van der Waals surface area contributed by atoms with Gasteiger partial charge >= 0.3 is 11.9 Å². The minimum Gasteiger partial charge on any atom is -0.462 e. The van der Waals surface area contributed by atoms with E-state index in [1.54, 1.807) is 13.8 Å². The number of aryl methyl sites for hydroxylation is 1. The first-order chi connectivity index (χ1) is 10.2. The van der Waals surface area contributed by atoms with Crippen LogP contribution in [0, 0.1) is 0 Å². The number of hydrogen-bond acceptors (Lipinski definition) is 4. The Morgan fingerprint density at radius 2 is 1.57 bits per heavy atom. The number of H-pyrrole nitrogens is 1. The van der Waals surface area contributed by atoms with Crippen LogP contribution in [-0.4, -0.2) is 30.1 Å². The van der Waals surface area contributed by atoms with Crippen LogP contribution in [0.2, 0.25) is 0 Å². The molecule has 1 heterocycles. The second-order valence-electron chi connectivity index (χ2n) is 5.19. The van der Waals surface area contributed by atoms with Gasteiger partial charge in [0.2, 0.25) is 0 Å². The fourth-order valence-corrected chi connectivity index (χ4v) is 2.82. The Kier molecular flexibility index (Phi) is 5.42. The van der Waals surface area contributed by atoms with Crippen molar-refractivity contribution in [2.45, 2.75) is 52.4 Å². The normalized spacial score (nSPS) is 14.8. The summed E-state index contributed by atoms with van der Waals surface area (Å²) in [7, 11) is 0. The number of aromatic amines is 1. The highest BCUT2D eigenvalue weighted by molar-refractivity contribution is 6.03. The monoisotopic (exact) mass is 293 g/mol. The molecule has 0 spiro atoms. The molecule has 0 saturated carbocycles. The third-order valence-electron chi connectivity index (χ3n) is 3.75. The SMILES string of the molecule is CCOC(=O)c1[nH]c2c(c1C(=O)OCC)CCCCCC2. The summed E-state index contributed by atoms with van der Waals surface area (Å²) in [6.07, 6.45) is 6.10. The zero-order valence-electron chi connectivity index (χ0n) is 12.8. The first kappa shape index (κ1) is 15.6. The molecule has 0 aromatic carbocycles. The molecular formula is C16H23NO4. The molecule has 116 valence electrons. The quantitative estimate of drug-likeness (QED) is 0.866. The minimum absolute atomic E-state index is 0.252. The zero-order chi connectivity index (χ0) is 15.2. The molecule has 2 rings (SSSR count). The van der Waals surface area contributed by atoms with E-state index in [9.17, 15) is 9.59 Å². The fraction of sp³-hybridized carbons (Fsp3) is 0.625. The van der Waals surface area contributed by atoms with Crippen molar-refractivity contribution < 1.29 is 19.1 Å². The van der Waals surface area contributed by atoms with Gasteiger partial charge in [0.15, 0.2) is 0 Å². The number of fused-ring (bicyclic) bond motifs is 1. The molecule has 0 amide bonds. The van der Waals surface area contributed by atoms with Crippen molar-refractivity contribution in [1.82, 2.24) is 4.98 Å². The summed E-state index contributed by atoms with van der Waals surface area (Å²) in [5, 5.41) is 0. The molecule has 5 nitrogen and oxygen atoms in total. The molecule has 1 aliphatic carbocycles. The van der Waals surface area contributed by atoms with Crippen molar-refractivity contribution in [3.63, 3.8) is 0 Å². The molecule has 0 aliphatic heterocycles. The molecule has 1 N–H and O–H groups in total. The second kappa shape index (κ2) is 7.29. The van der Waals surface area contributed by atoms with Crippen LogP contribution >= 0.6 is 0 Å². The second-order valence-corrected chi connectivity index (χ2v) is 5.19. The Balaban J connectivity index is 2.44. The average Bonchev–Trinajstić information content (AvgIpc) is 2.77. The van der Waals surface area contributed by atoms with E-state index < -0.39 is 11.9 Å². The van der Waals surface area contributed by atoms with Crippen LogP contribution in [0.1, 0.15) is 71.6 Å². The molecular weight excluding hydrogens is 270 g/mol. The number of carbonyl (C=O) groups excluding carboxylic acids is 2. The highest BCUT2D eigenvalue weighted by Gasteiger charge is 2.28. The molecule has 1 aromatic heterocycles. The summed E-state index contributed by atoms with van der Waals surface area (Å²) in [6.45, 7) is 4.09. The minimum atomic E-state index is -0.479. The number of ether oxygens (including phenoxy) is 2. The largest absolute Gasteiger partial charge is 0.462 e.